The molecular weight excluding hydrogens is 354 g/mol. The van der Waals surface area contributed by atoms with Crippen LogP contribution in [0.5, 0.6) is 0 Å². The van der Waals surface area contributed by atoms with Gasteiger partial charge in [0.05, 0.1) is 4.92 Å². The molecule has 3 aromatic rings. The normalized spacial score (nSPS) is 14.8. The summed E-state index contributed by atoms with van der Waals surface area (Å²) in [5, 5.41) is 22.6. The van der Waals surface area contributed by atoms with E-state index < -0.39 is 4.92 Å². The zero-order chi connectivity index (χ0) is 19.5. The molecular formula is C21H19N5O2. The lowest BCUT2D eigenvalue weighted by Crippen LogP contribution is -2.46. The molecule has 28 heavy (non-hydrogen) atoms. The number of aromatic nitrogens is 1. The van der Waals surface area contributed by atoms with E-state index in [0.29, 0.717) is 5.82 Å². The fraction of sp³-hybridized carbons (Fsp3) is 0.238. The first kappa shape index (κ1) is 17.9. The molecule has 0 spiro atoms. The van der Waals surface area contributed by atoms with E-state index in [1.54, 1.807) is 6.07 Å². The molecule has 0 aliphatic carbocycles. The number of fused-ring (bicyclic) bond motifs is 1. The monoisotopic (exact) mass is 373 g/mol. The van der Waals surface area contributed by atoms with Crippen LogP contribution in [0.4, 0.5) is 11.5 Å². The molecule has 0 amide bonds. The molecule has 0 unspecified atom stereocenters. The predicted octanol–water partition coefficient (Wildman–Crippen LogP) is 3.34. The Balaban J connectivity index is 1.45. The third-order valence-electron chi connectivity index (χ3n) is 5.13. The van der Waals surface area contributed by atoms with Gasteiger partial charge in [0.25, 0.3) is 0 Å². The second-order valence-corrected chi connectivity index (χ2v) is 6.81. The highest BCUT2D eigenvalue weighted by Crippen LogP contribution is 2.23. The summed E-state index contributed by atoms with van der Waals surface area (Å²) < 4.78 is 0. The van der Waals surface area contributed by atoms with Gasteiger partial charge in [0.2, 0.25) is 5.69 Å². The second-order valence-electron chi connectivity index (χ2n) is 6.81. The number of hydrogen-bond donors (Lipinski definition) is 0. The SMILES string of the molecule is N#Cc1nc(N2CCN(Cc3cccc4ccccc34)CC2)ccc1[N+](=O)[O-]. The van der Waals surface area contributed by atoms with Crippen LogP contribution >= 0.6 is 0 Å². The number of anilines is 1. The van der Waals surface area contributed by atoms with Gasteiger partial charge in [-0.15, -0.1) is 0 Å². The van der Waals surface area contributed by atoms with Crippen LogP contribution in [0.2, 0.25) is 0 Å². The summed E-state index contributed by atoms with van der Waals surface area (Å²) in [6, 6.07) is 19.6. The molecule has 0 saturated carbocycles. The molecule has 1 aliphatic rings. The first-order chi connectivity index (χ1) is 13.7. The Morgan fingerprint density at radius 1 is 1.04 bits per heavy atom. The quantitative estimate of drug-likeness (QED) is 0.515. The minimum absolute atomic E-state index is 0.138. The van der Waals surface area contributed by atoms with E-state index in [0.717, 1.165) is 32.7 Å². The van der Waals surface area contributed by atoms with Crippen LogP contribution < -0.4 is 4.90 Å². The number of nitriles is 1. The van der Waals surface area contributed by atoms with Crippen molar-refractivity contribution in [1.29, 1.82) is 5.26 Å². The molecule has 1 fully saturated rings. The Morgan fingerprint density at radius 2 is 1.79 bits per heavy atom. The van der Waals surface area contributed by atoms with Crippen molar-refractivity contribution >= 4 is 22.3 Å². The smallest absolute Gasteiger partial charge is 0.305 e. The first-order valence-electron chi connectivity index (χ1n) is 9.15. The Morgan fingerprint density at radius 3 is 2.54 bits per heavy atom. The van der Waals surface area contributed by atoms with Crippen molar-refractivity contribution in [3.05, 3.63) is 76.0 Å². The Kier molecular flexibility index (Phi) is 4.87. The van der Waals surface area contributed by atoms with Crippen LogP contribution in [0.3, 0.4) is 0 Å². The topological polar surface area (TPSA) is 86.3 Å². The molecule has 0 N–H and O–H groups in total. The number of pyridine rings is 1. The molecule has 0 bridgehead atoms. The maximum Gasteiger partial charge on any atom is 0.305 e. The molecule has 1 aliphatic heterocycles. The number of hydrogen-bond acceptors (Lipinski definition) is 6. The Hall–Kier alpha value is -3.50. The number of rotatable bonds is 4. The van der Waals surface area contributed by atoms with Gasteiger partial charge >= 0.3 is 5.69 Å². The van der Waals surface area contributed by atoms with Crippen LogP contribution in [0.25, 0.3) is 10.8 Å². The van der Waals surface area contributed by atoms with E-state index in [2.05, 4.69) is 57.2 Å². The zero-order valence-electron chi connectivity index (χ0n) is 15.3. The summed E-state index contributed by atoms with van der Waals surface area (Å²) >= 11 is 0. The van der Waals surface area contributed by atoms with Gasteiger partial charge in [-0.05, 0) is 22.4 Å². The van der Waals surface area contributed by atoms with Crippen molar-refractivity contribution in [3.8, 4) is 6.07 Å². The van der Waals surface area contributed by atoms with Gasteiger partial charge in [-0.1, -0.05) is 42.5 Å². The van der Waals surface area contributed by atoms with E-state index >= 15 is 0 Å². The zero-order valence-corrected chi connectivity index (χ0v) is 15.3. The van der Waals surface area contributed by atoms with Gasteiger partial charge in [0.15, 0.2) is 0 Å². The predicted molar refractivity (Wildman–Crippen MR) is 107 cm³/mol. The van der Waals surface area contributed by atoms with E-state index in [1.165, 1.54) is 22.4 Å². The summed E-state index contributed by atoms with van der Waals surface area (Å²) in [7, 11) is 0. The van der Waals surface area contributed by atoms with Gasteiger partial charge < -0.3 is 4.90 Å². The van der Waals surface area contributed by atoms with Gasteiger partial charge in [0, 0.05) is 38.8 Å². The van der Waals surface area contributed by atoms with Crippen molar-refractivity contribution in [2.24, 2.45) is 0 Å². The van der Waals surface area contributed by atoms with Crippen LogP contribution in [0, 0.1) is 21.4 Å². The van der Waals surface area contributed by atoms with Crippen molar-refractivity contribution in [2.45, 2.75) is 6.54 Å². The maximum absolute atomic E-state index is 11.0. The van der Waals surface area contributed by atoms with E-state index in [-0.39, 0.29) is 11.4 Å². The van der Waals surface area contributed by atoms with Gasteiger partial charge in [-0.2, -0.15) is 5.26 Å². The number of nitrogens with zero attached hydrogens (tertiary/aromatic N) is 5. The molecule has 0 atom stereocenters. The van der Waals surface area contributed by atoms with Crippen molar-refractivity contribution < 1.29 is 4.92 Å². The van der Waals surface area contributed by atoms with Crippen LogP contribution in [-0.2, 0) is 6.54 Å². The van der Waals surface area contributed by atoms with Crippen LogP contribution in [0.1, 0.15) is 11.3 Å². The average Bonchev–Trinajstić information content (AvgIpc) is 2.74. The molecule has 1 aromatic heterocycles. The summed E-state index contributed by atoms with van der Waals surface area (Å²) in [6.07, 6.45) is 0. The minimum Gasteiger partial charge on any atom is -0.354 e. The second kappa shape index (κ2) is 7.62. The van der Waals surface area contributed by atoms with E-state index in [9.17, 15) is 10.1 Å². The summed E-state index contributed by atoms with van der Waals surface area (Å²) in [5.74, 6) is 0.618. The van der Waals surface area contributed by atoms with Gasteiger partial charge in [-0.3, -0.25) is 15.0 Å². The summed E-state index contributed by atoms with van der Waals surface area (Å²) in [6.45, 7) is 4.14. The molecule has 0 radical (unpaired) electrons. The highest BCUT2D eigenvalue weighted by Gasteiger charge is 2.22. The van der Waals surface area contributed by atoms with Crippen LogP contribution in [0.15, 0.2) is 54.6 Å². The minimum atomic E-state index is -0.572. The number of benzene rings is 2. The van der Waals surface area contributed by atoms with Crippen molar-refractivity contribution in [1.82, 2.24) is 9.88 Å². The fourth-order valence-corrected chi connectivity index (χ4v) is 3.65. The fourth-order valence-electron chi connectivity index (χ4n) is 3.65. The molecule has 2 aromatic carbocycles. The summed E-state index contributed by atoms with van der Waals surface area (Å²) in [5.41, 5.74) is 0.924. The largest absolute Gasteiger partial charge is 0.354 e. The van der Waals surface area contributed by atoms with E-state index in [4.69, 9.17) is 5.26 Å². The highest BCUT2D eigenvalue weighted by atomic mass is 16.6. The number of piperazine rings is 1. The molecule has 7 heteroatoms. The Bertz CT molecular complexity index is 1060. The lowest BCUT2D eigenvalue weighted by Gasteiger charge is -2.35. The Labute approximate surface area is 162 Å². The number of nitro groups is 1. The summed E-state index contributed by atoms with van der Waals surface area (Å²) in [4.78, 5) is 19.1. The molecule has 7 nitrogen and oxygen atoms in total. The molecule has 4 rings (SSSR count). The third-order valence-corrected chi connectivity index (χ3v) is 5.13. The standard InChI is InChI=1S/C21H19N5O2/c22-14-19-20(26(27)28)8-9-21(23-19)25-12-10-24(11-13-25)15-17-6-3-5-16-4-1-2-7-18(16)17/h1-9H,10-13,15H2. The third kappa shape index (κ3) is 3.50. The lowest BCUT2D eigenvalue weighted by atomic mass is 10.0. The average molecular weight is 373 g/mol. The first-order valence-corrected chi connectivity index (χ1v) is 9.15. The van der Waals surface area contributed by atoms with Crippen molar-refractivity contribution in [3.63, 3.8) is 0 Å². The molecule has 1 saturated heterocycles. The highest BCUT2D eigenvalue weighted by molar-refractivity contribution is 5.85. The van der Waals surface area contributed by atoms with Crippen LogP contribution in [-0.4, -0.2) is 41.0 Å². The van der Waals surface area contributed by atoms with Crippen molar-refractivity contribution in [2.75, 3.05) is 31.1 Å². The van der Waals surface area contributed by atoms with Gasteiger partial charge in [-0.25, -0.2) is 4.98 Å². The van der Waals surface area contributed by atoms with E-state index in [1.807, 2.05) is 6.07 Å². The molecule has 2 heterocycles. The van der Waals surface area contributed by atoms with Gasteiger partial charge in [0.1, 0.15) is 11.9 Å². The maximum atomic E-state index is 11.0. The molecule has 140 valence electrons. The lowest BCUT2D eigenvalue weighted by molar-refractivity contribution is -0.385.